The summed E-state index contributed by atoms with van der Waals surface area (Å²) in [5.41, 5.74) is 3.93. The second kappa shape index (κ2) is 8.34. The summed E-state index contributed by atoms with van der Waals surface area (Å²) in [6.45, 7) is 1.45. The van der Waals surface area contributed by atoms with Crippen molar-refractivity contribution in [1.82, 2.24) is 5.43 Å². The Bertz CT molecular complexity index is 829. The van der Waals surface area contributed by atoms with Crippen LogP contribution in [-0.2, 0) is 4.79 Å². The lowest BCUT2D eigenvalue weighted by Crippen LogP contribution is -2.25. The maximum Gasteiger partial charge on any atom is 0.277 e. The summed E-state index contributed by atoms with van der Waals surface area (Å²) in [5.74, 6) is -0.108. The second-order valence-corrected chi connectivity index (χ2v) is 5.60. The highest BCUT2D eigenvalue weighted by Gasteiger charge is 2.08. The van der Waals surface area contributed by atoms with Gasteiger partial charge in [-0.15, -0.1) is 0 Å². The Morgan fingerprint density at radius 3 is 2.75 bits per heavy atom. The first-order chi connectivity index (χ1) is 11.5. The number of carbonyl (C=O) groups excluding carboxylic acids is 1. The topological polar surface area (TPSA) is 74.5 Å². The summed E-state index contributed by atoms with van der Waals surface area (Å²) in [6, 6.07) is 13.7. The van der Waals surface area contributed by atoms with Crippen molar-refractivity contribution >= 4 is 34.8 Å². The lowest BCUT2D eigenvalue weighted by molar-refractivity contribution is -0.123. The Labute approximate surface area is 149 Å². The summed E-state index contributed by atoms with van der Waals surface area (Å²) in [6.07, 6.45) is 0. The van der Waals surface area contributed by atoms with Gasteiger partial charge in [0, 0.05) is 10.6 Å². The molecular weight excluding hydrogens is 349 g/mol. The van der Waals surface area contributed by atoms with Crippen LogP contribution in [0.2, 0.25) is 10.0 Å². The van der Waals surface area contributed by atoms with E-state index in [-0.39, 0.29) is 6.61 Å². The Kier molecular flexibility index (Phi) is 6.19. The Morgan fingerprint density at radius 2 is 2.04 bits per heavy atom. The lowest BCUT2D eigenvalue weighted by atomic mass is 10.1. The zero-order valence-electron chi connectivity index (χ0n) is 12.7. The fourth-order valence-corrected chi connectivity index (χ4v) is 2.40. The van der Waals surface area contributed by atoms with Crippen LogP contribution in [0.25, 0.3) is 0 Å². The molecule has 2 aromatic rings. The molecule has 0 heterocycles. The number of rotatable bonds is 5. The number of halogens is 2. The Hall–Kier alpha value is -2.55. The SMILES string of the molecule is C/C(=N/NC(=O)COc1ccccc1C#N)c1ccc(Cl)cc1Cl. The number of nitrogens with zero attached hydrogens (tertiary/aromatic N) is 2. The first-order valence-corrected chi connectivity index (χ1v) is 7.67. The number of hydrogen-bond acceptors (Lipinski definition) is 4. The molecule has 0 saturated heterocycles. The largest absolute Gasteiger partial charge is 0.482 e. The van der Waals surface area contributed by atoms with E-state index in [1.54, 1.807) is 49.4 Å². The van der Waals surface area contributed by atoms with Crippen molar-refractivity contribution in [2.45, 2.75) is 6.92 Å². The van der Waals surface area contributed by atoms with Gasteiger partial charge in [0.2, 0.25) is 0 Å². The van der Waals surface area contributed by atoms with Crippen molar-refractivity contribution in [3.8, 4) is 11.8 Å². The van der Waals surface area contributed by atoms with E-state index in [1.165, 1.54) is 0 Å². The van der Waals surface area contributed by atoms with Gasteiger partial charge in [0.05, 0.1) is 16.3 Å². The van der Waals surface area contributed by atoms with Gasteiger partial charge < -0.3 is 4.74 Å². The molecule has 0 aliphatic carbocycles. The molecule has 2 rings (SSSR count). The molecule has 0 atom stereocenters. The van der Waals surface area contributed by atoms with Crippen molar-refractivity contribution in [1.29, 1.82) is 5.26 Å². The molecule has 1 amide bonds. The minimum atomic E-state index is -0.452. The fraction of sp³-hybridized carbons (Fsp3) is 0.118. The van der Waals surface area contributed by atoms with Gasteiger partial charge in [0.15, 0.2) is 6.61 Å². The molecule has 2 aromatic carbocycles. The van der Waals surface area contributed by atoms with E-state index < -0.39 is 5.91 Å². The van der Waals surface area contributed by atoms with Gasteiger partial charge in [0.25, 0.3) is 5.91 Å². The van der Waals surface area contributed by atoms with Crippen LogP contribution in [0.1, 0.15) is 18.1 Å². The van der Waals surface area contributed by atoms with E-state index in [9.17, 15) is 4.79 Å². The average Bonchev–Trinajstić information content (AvgIpc) is 2.58. The number of nitrogens with one attached hydrogen (secondary N) is 1. The summed E-state index contributed by atoms with van der Waals surface area (Å²) >= 11 is 11.9. The van der Waals surface area contributed by atoms with Crippen LogP contribution < -0.4 is 10.2 Å². The first kappa shape index (κ1) is 17.8. The zero-order chi connectivity index (χ0) is 17.5. The lowest BCUT2D eigenvalue weighted by Gasteiger charge is -2.07. The highest BCUT2D eigenvalue weighted by molar-refractivity contribution is 6.37. The van der Waals surface area contributed by atoms with E-state index in [0.717, 1.165) is 0 Å². The Morgan fingerprint density at radius 1 is 1.29 bits per heavy atom. The average molecular weight is 362 g/mol. The molecule has 0 spiro atoms. The molecule has 0 unspecified atom stereocenters. The van der Waals surface area contributed by atoms with Crippen LogP contribution in [0.4, 0.5) is 0 Å². The summed E-state index contributed by atoms with van der Waals surface area (Å²) in [7, 11) is 0. The quantitative estimate of drug-likeness (QED) is 0.650. The van der Waals surface area contributed by atoms with E-state index in [4.69, 9.17) is 33.2 Å². The third kappa shape index (κ3) is 4.72. The van der Waals surface area contributed by atoms with Gasteiger partial charge >= 0.3 is 0 Å². The third-order valence-electron chi connectivity index (χ3n) is 3.04. The van der Waals surface area contributed by atoms with Gasteiger partial charge in [-0.25, -0.2) is 5.43 Å². The van der Waals surface area contributed by atoms with E-state index in [1.807, 2.05) is 6.07 Å². The summed E-state index contributed by atoms with van der Waals surface area (Å²) in [4.78, 5) is 11.8. The summed E-state index contributed by atoms with van der Waals surface area (Å²) < 4.78 is 5.32. The molecule has 0 aliphatic heterocycles. The van der Waals surface area contributed by atoms with Crippen LogP contribution >= 0.6 is 23.2 Å². The van der Waals surface area contributed by atoms with Crippen LogP contribution in [0.5, 0.6) is 5.75 Å². The second-order valence-electron chi connectivity index (χ2n) is 4.75. The number of hydrazone groups is 1. The molecule has 5 nitrogen and oxygen atoms in total. The van der Waals surface area contributed by atoms with Crippen molar-refractivity contribution in [3.63, 3.8) is 0 Å². The maximum atomic E-state index is 11.8. The minimum absolute atomic E-state index is 0.260. The molecule has 0 bridgehead atoms. The summed E-state index contributed by atoms with van der Waals surface area (Å²) in [5, 5.41) is 13.9. The van der Waals surface area contributed by atoms with Gasteiger partial charge in [-0.05, 0) is 31.2 Å². The standard InChI is InChI=1S/C17H13Cl2N3O2/c1-11(14-7-6-13(18)8-15(14)19)21-22-17(23)10-24-16-5-3-2-4-12(16)9-20/h2-8H,10H2,1H3,(H,22,23)/b21-11-. The number of amides is 1. The van der Waals surface area contributed by atoms with Crippen LogP contribution in [0, 0.1) is 11.3 Å². The third-order valence-corrected chi connectivity index (χ3v) is 3.58. The van der Waals surface area contributed by atoms with E-state index in [2.05, 4.69) is 10.5 Å². The maximum absolute atomic E-state index is 11.8. The molecule has 24 heavy (non-hydrogen) atoms. The minimum Gasteiger partial charge on any atom is -0.482 e. The van der Waals surface area contributed by atoms with Crippen molar-refractivity contribution in [3.05, 3.63) is 63.6 Å². The number of nitriles is 1. The molecule has 0 saturated carbocycles. The zero-order valence-corrected chi connectivity index (χ0v) is 14.2. The molecular formula is C17H13Cl2N3O2. The Balaban J connectivity index is 1.96. The predicted octanol–water partition coefficient (Wildman–Crippen LogP) is 3.78. The monoisotopic (exact) mass is 361 g/mol. The number of para-hydroxylation sites is 1. The first-order valence-electron chi connectivity index (χ1n) is 6.91. The van der Waals surface area contributed by atoms with Crippen LogP contribution in [0.15, 0.2) is 47.6 Å². The van der Waals surface area contributed by atoms with Crippen molar-refractivity contribution < 1.29 is 9.53 Å². The number of benzene rings is 2. The molecule has 0 aliphatic rings. The highest BCUT2D eigenvalue weighted by Crippen LogP contribution is 2.21. The van der Waals surface area contributed by atoms with Crippen LogP contribution in [-0.4, -0.2) is 18.2 Å². The number of hydrogen-bond donors (Lipinski definition) is 1. The van der Waals surface area contributed by atoms with E-state index in [0.29, 0.717) is 32.6 Å². The van der Waals surface area contributed by atoms with Gasteiger partial charge in [-0.1, -0.05) is 41.4 Å². The molecule has 7 heteroatoms. The predicted molar refractivity (Wildman–Crippen MR) is 93.5 cm³/mol. The molecule has 0 aromatic heterocycles. The molecule has 1 N–H and O–H groups in total. The molecule has 122 valence electrons. The van der Waals surface area contributed by atoms with Gasteiger partial charge in [0.1, 0.15) is 11.8 Å². The normalized spacial score (nSPS) is 10.8. The van der Waals surface area contributed by atoms with E-state index >= 15 is 0 Å². The molecule has 0 radical (unpaired) electrons. The van der Waals surface area contributed by atoms with Crippen molar-refractivity contribution in [2.75, 3.05) is 6.61 Å². The van der Waals surface area contributed by atoms with Crippen molar-refractivity contribution in [2.24, 2.45) is 5.10 Å². The van der Waals surface area contributed by atoms with Gasteiger partial charge in [-0.2, -0.15) is 10.4 Å². The van der Waals surface area contributed by atoms with Gasteiger partial charge in [-0.3, -0.25) is 4.79 Å². The number of carbonyl (C=O) groups is 1. The van der Waals surface area contributed by atoms with Crippen LogP contribution in [0.3, 0.4) is 0 Å². The smallest absolute Gasteiger partial charge is 0.277 e. The molecule has 0 fully saturated rings. The number of ether oxygens (including phenoxy) is 1. The fourth-order valence-electron chi connectivity index (χ4n) is 1.85. The highest BCUT2D eigenvalue weighted by atomic mass is 35.5.